The number of hydrogen-bond donors (Lipinski definition) is 1. The first-order valence-corrected chi connectivity index (χ1v) is 11.8. The summed E-state index contributed by atoms with van der Waals surface area (Å²) in [6.45, 7) is 2.39. The fourth-order valence-electron chi connectivity index (χ4n) is 2.76. The third-order valence-electron chi connectivity index (χ3n) is 4.33. The average molecular weight is 500 g/mol. The maximum Gasteiger partial charge on any atom is 0.240 e. The summed E-state index contributed by atoms with van der Waals surface area (Å²) < 4.78 is 26.4. The van der Waals surface area contributed by atoms with Crippen LogP contribution in [0.15, 0.2) is 54.6 Å². The minimum Gasteiger partial charge on any atom is -0.354 e. The summed E-state index contributed by atoms with van der Waals surface area (Å²) in [5.41, 5.74) is 1.72. The zero-order chi connectivity index (χ0) is 19.9. The quantitative estimate of drug-likeness (QED) is 0.537. The SMILES string of the molecule is CCC(CNC(=O)CN(c1ccc(I)cc1)S(C)(=O)=O)Cc1ccccc1. The number of carbonyl (C=O) groups excluding carboxylic acids is 1. The van der Waals surface area contributed by atoms with Crippen LogP contribution in [0.25, 0.3) is 0 Å². The van der Waals surface area contributed by atoms with Crippen molar-refractivity contribution in [1.82, 2.24) is 5.32 Å². The van der Waals surface area contributed by atoms with Crippen molar-refractivity contribution in [3.05, 3.63) is 63.7 Å². The van der Waals surface area contributed by atoms with Gasteiger partial charge in [0.25, 0.3) is 0 Å². The highest BCUT2D eigenvalue weighted by Gasteiger charge is 2.21. The van der Waals surface area contributed by atoms with Gasteiger partial charge in [0, 0.05) is 10.1 Å². The van der Waals surface area contributed by atoms with Crippen LogP contribution in [0.3, 0.4) is 0 Å². The highest BCUT2D eigenvalue weighted by atomic mass is 127. The molecule has 2 aromatic carbocycles. The second-order valence-electron chi connectivity index (χ2n) is 6.51. The lowest BCUT2D eigenvalue weighted by Crippen LogP contribution is -2.41. The second kappa shape index (κ2) is 10.1. The van der Waals surface area contributed by atoms with Crippen molar-refractivity contribution < 1.29 is 13.2 Å². The molecule has 0 aliphatic heterocycles. The standard InChI is InChI=1S/C20H25IN2O3S/c1-3-16(13-17-7-5-4-6-8-17)14-22-20(24)15-23(27(2,25)26)19-11-9-18(21)10-12-19/h4-12,16H,3,13-15H2,1-2H3,(H,22,24). The van der Waals surface area contributed by atoms with E-state index in [0.717, 1.165) is 27.0 Å². The lowest BCUT2D eigenvalue weighted by atomic mass is 9.97. The van der Waals surface area contributed by atoms with Crippen molar-refractivity contribution in [3.8, 4) is 0 Å². The van der Waals surface area contributed by atoms with E-state index in [4.69, 9.17) is 0 Å². The average Bonchev–Trinajstić information content (AvgIpc) is 2.64. The molecule has 1 unspecified atom stereocenters. The highest BCUT2D eigenvalue weighted by Crippen LogP contribution is 2.19. The summed E-state index contributed by atoms with van der Waals surface area (Å²) >= 11 is 2.15. The summed E-state index contributed by atoms with van der Waals surface area (Å²) in [5.74, 6) is 0.00632. The molecule has 0 heterocycles. The third kappa shape index (κ3) is 7.14. The summed E-state index contributed by atoms with van der Waals surface area (Å²) in [4.78, 5) is 12.4. The Labute approximate surface area is 175 Å². The van der Waals surface area contributed by atoms with E-state index in [-0.39, 0.29) is 12.5 Å². The van der Waals surface area contributed by atoms with E-state index in [1.807, 2.05) is 30.3 Å². The molecule has 1 N–H and O–H groups in total. The number of hydrogen-bond acceptors (Lipinski definition) is 3. The monoisotopic (exact) mass is 500 g/mol. The van der Waals surface area contributed by atoms with Gasteiger partial charge in [0.2, 0.25) is 15.9 Å². The number of carbonyl (C=O) groups is 1. The van der Waals surface area contributed by atoms with Gasteiger partial charge in [0.15, 0.2) is 0 Å². The molecule has 0 aliphatic rings. The molecule has 5 nitrogen and oxygen atoms in total. The number of amides is 1. The second-order valence-corrected chi connectivity index (χ2v) is 9.67. The van der Waals surface area contributed by atoms with Crippen molar-refractivity contribution in [1.29, 1.82) is 0 Å². The summed E-state index contributed by atoms with van der Waals surface area (Å²) in [6, 6.07) is 17.2. The molecule has 0 spiro atoms. The smallest absolute Gasteiger partial charge is 0.240 e. The van der Waals surface area contributed by atoms with E-state index in [0.29, 0.717) is 18.2 Å². The van der Waals surface area contributed by atoms with Crippen LogP contribution in [0.1, 0.15) is 18.9 Å². The third-order valence-corrected chi connectivity index (χ3v) is 6.19. The first kappa shape index (κ1) is 21.7. The fraction of sp³-hybridized carbons (Fsp3) is 0.350. The number of sulfonamides is 1. The first-order chi connectivity index (χ1) is 12.8. The Bertz CT molecular complexity index is 839. The molecule has 0 bridgehead atoms. The molecular formula is C20H25IN2O3S. The van der Waals surface area contributed by atoms with Crippen LogP contribution in [0.5, 0.6) is 0 Å². The van der Waals surface area contributed by atoms with Crippen LogP contribution >= 0.6 is 22.6 Å². The van der Waals surface area contributed by atoms with Crippen molar-refractivity contribution in [3.63, 3.8) is 0 Å². The van der Waals surface area contributed by atoms with Gasteiger partial charge in [-0.25, -0.2) is 8.42 Å². The van der Waals surface area contributed by atoms with Crippen molar-refractivity contribution >= 4 is 44.2 Å². The summed E-state index contributed by atoms with van der Waals surface area (Å²) in [5, 5.41) is 2.89. The Morgan fingerprint density at radius 2 is 1.74 bits per heavy atom. The Kier molecular flexibility index (Phi) is 8.09. The molecule has 2 aromatic rings. The molecule has 0 aliphatic carbocycles. The van der Waals surface area contributed by atoms with Gasteiger partial charge in [-0.15, -0.1) is 0 Å². The normalized spacial score (nSPS) is 12.4. The zero-order valence-electron chi connectivity index (χ0n) is 15.6. The van der Waals surface area contributed by atoms with E-state index in [2.05, 4.69) is 47.0 Å². The van der Waals surface area contributed by atoms with E-state index in [9.17, 15) is 13.2 Å². The van der Waals surface area contributed by atoms with Crippen molar-refractivity contribution in [2.75, 3.05) is 23.7 Å². The topological polar surface area (TPSA) is 66.5 Å². The number of anilines is 1. The lowest BCUT2D eigenvalue weighted by molar-refractivity contribution is -0.119. The van der Waals surface area contributed by atoms with Crippen LogP contribution in [0.4, 0.5) is 5.69 Å². The summed E-state index contributed by atoms with van der Waals surface area (Å²) in [6.07, 6.45) is 2.93. The number of halogens is 1. The van der Waals surface area contributed by atoms with Gasteiger partial charge in [-0.3, -0.25) is 9.10 Å². The Balaban J connectivity index is 1.97. The molecule has 0 saturated carbocycles. The fourth-order valence-corrected chi connectivity index (χ4v) is 3.98. The number of nitrogens with one attached hydrogen (secondary N) is 1. The Hall–Kier alpha value is -1.61. The van der Waals surface area contributed by atoms with Crippen LogP contribution in [-0.2, 0) is 21.2 Å². The molecule has 2 rings (SSSR count). The predicted molar refractivity (Wildman–Crippen MR) is 118 cm³/mol. The molecular weight excluding hydrogens is 475 g/mol. The maximum atomic E-state index is 12.4. The van der Waals surface area contributed by atoms with Gasteiger partial charge in [-0.05, 0) is 64.8 Å². The van der Waals surface area contributed by atoms with Crippen LogP contribution in [-0.4, -0.2) is 33.7 Å². The van der Waals surface area contributed by atoms with Crippen LogP contribution in [0.2, 0.25) is 0 Å². The molecule has 27 heavy (non-hydrogen) atoms. The molecule has 0 radical (unpaired) electrons. The van der Waals surface area contributed by atoms with Crippen LogP contribution < -0.4 is 9.62 Å². The van der Waals surface area contributed by atoms with Gasteiger partial charge in [0.1, 0.15) is 6.54 Å². The van der Waals surface area contributed by atoms with Gasteiger partial charge in [-0.1, -0.05) is 43.7 Å². The molecule has 1 amide bonds. The molecule has 7 heteroatoms. The molecule has 146 valence electrons. The van der Waals surface area contributed by atoms with Gasteiger partial charge in [0.05, 0.1) is 11.9 Å². The lowest BCUT2D eigenvalue weighted by Gasteiger charge is -2.23. The van der Waals surface area contributed by atoms with Gasteiger partial charge in [-0.2, -0.15) is 0 Å². The number of nitrogens with zero attached hydrogens (tertiary/aromatic N) is 1. The largest absolute Gasteiger partial charge is 0.354 e. The van der Waals surface area contributed by atoms with E-state index in [1.165, 1.54) is 5.56 Å². The van der Waals surface area contributed by atoms with E-state index >= 15 is 0 Å². The Morgan fingerprint density at radius 3 is 2.30 bits per heavy atom. The van der Waals surface area contributed by atoms with Gasteiger partial charge >= 0.3 is 0 Å². The Morgan fingerprint density at radius 1 is 1.11 bits per heavy atom. The number of rotatable bonds is 9. The maximum absolute atomic E-state index is 12.4. The zero-order valence-corrected chi connectivity index (χ0v) is 18.5. The van der Waals surface area contributed by atoms with Crippen molar-refractivity contribution in [2.24, 2.45) is 5.92 Å². The van der Waals surface area contributed by atoms with E-state index in [1.54, 1.807) is 12.1 Å². The molecule has 0 aromatic heterocycles. The molecule has 0 fully saturated rings. The van der Waals surface area contributed by atoms with Crippen molar-refractivity contribution in [2.45, 2.75) is 19.8 Å². The number of benzene rings is 2. The van der Waals surface area contributed by atoms with Gasteiger partial charge < -0.3 is 5.32 Å². The van der Waals surface area contributed by atoms with E-state index < -0.39 is 10.0 Å². The summed E-state index contributed by atoms with van der Waals surface area (Å²) in [7, 11) is -3.55. The highest BCUT2D eigenvalue weighted by molar-refractivity contribution is 14.1. The minimum atomic E-state index is -3.55. The molecule has 1 atom stereocenters. The molecule has 0 saturated heterocycles. The van der Waals surface area contributed by atoms with Crippen LogP contribution in [0, 0.1) is 9.49 Å². The first-order valence-electron chi connectivity index (χ1n) is 8.83. The predicted octanol–water partition coefficient (Wildman–Crippen LogP) is 3.44. The minimum absolute atomic E-state index is 0.221.